The van der Waals surface area contributed by atoms with Gasteiger partial charge in [0.2, 0.25) is 0 Å². The molecule has 0 radical (unpaired) electrons. The van der Waals surface area contributed by atoms with Gasteiger partial charge >= 0.3 is 18.5 Å². The molecule has 508 valence electrons. The minimum Gasteiger partial charge on any atom is -0.391 e. The molecule has 1 N–H and O–H groups in total. The third kappa shape index (κ3) is 20.3. The summed E-state index contributed by atoms with van der Waals surface area (Å²) in [4.78, 5) is 25.7. The number of ether oxygens (including phenoxy) is 2. The van der Waals surface area contributed by atoms with Gasteiger partial charge in [-0.1, -0.05) is 40.0 Å². The smallest absolute Gasteiger partial charge is 0.391 e. The van der Waals surface area contributed by atoms with Crippen molar-refractivity contribution in [2.75, 3.05) is 132 Å². The van der Waals surface area contributed by atoms with E-state index in [9.17, 15) is 44.6 Å². The number of pyridine rings is 3. The SMILES string of the molecule is C[C@H]1C[C@@H](O)CN(c2ccc(C(F)(F)F)c3ncccc23)C1.C[C@H]1C[C@@H](OCCN2CCCCC2)CN(c2ccc(C(F)(F)F)c3ncccc23)C1.C[C@H]1C[C@@H](OCCN2CCCCC2)CN(c2ccc(C(F)(F)F)c3ncccc23)C1.Cl.ClCCN1CCCCC1. The largest absolute Gasteiger partial charge is 0.418 e. The standard InChI is InChI=1S/2C23H30F3N3O.C16H17F3N2O.C7H14ClN.ClH/c2*1-17-14-18(30-13-12-28-10-3-2-4-11-28)16-29(15-17)21-8-7-20(23(24,25)26)22-19(21)6-5-9-27-22;1-10-7-11(22)9-21(8-10)14-5-4-13(16(17,18)19)15-12(14)3-2-6-20-15;8-4-7-9-5-2-1-3-6-9;/h2*5-9,17-18H,2-4,10-16H2,1H3;2-6,10-11,22H,7-9H2,1H3;1-7H2;1H/t2*17-,18+;10-,11+;;/m000../s1. The van der Waals surface area contributed by atoms with E-state index in [1.54, 1.807) is 48.5 Å². The maximum absolute atomic E-state index is 13.4. The number of hydrogen-bond acceptors (Lipinski definition) is 12. The molecule has 3 aromatic carbocycles. The molecular formula is C69H92Cl2F9N9O3. The molecule has 23 heteroatoms. The second-order valence-corrected chi connectivity index (χ2v) is 26.2. The number of rotatable bonds is 13. The molecule has 0 amide bonds. The average molecular weight is 1340 g/mol. The van der Waals surface area contributed by atoms with Crippen molar-refractivity contribution in [2.45, 2.75) is 135 Å². The van der Waals surface area contributed by atoms with E-state index >= 15 is 0 Å². The van der Waals surface area contributed by atoms with E-state index in [2.05, 4.69) is 53.3 Å². The number of hydrogen-bond donors (Lipinski definition) is 1. The Balaban J connectivity index is 0.000000167. The summed E-state index contributed by atoms with van der Waals surface area (Å²) in [6.07, 6.45) is 5.22. The van der Waals surface area contributed by atoms with Gasteiger partial charge in [0, 0.05) is 117 Å². The molecule has 6 saturated heterocycles. The summed E-state index contributed by atoms with van der Waals surface area (Å²) >= 11 is 5.59. The molecule has 0 saturated carbocycles. The third-order valence-corrected chi connectivity index (χ3v) is 18.5. The Labute approximate surface area is 547 Å². The van der Waals surface area contributed by atoms with Crippen LogP contribution in [0.1, 0.15) is 115 Å². The molecule has 6 atom stereocenters. The molecule has 0 aliphatic carbocycles. The molecule has 9 heterocycles. The van der Waals surface area contributed by atoms with E-state index in [0.717, 1.165) is 107 Å². The number of aliphatic hydroxyl groups is 1. The summed E-state index contributed by atoms with van der Waals surface area (Å²) in [5.41, 5.74) is 0.220. The van der Waals surface area contributed by atoms with Crippen LogP contribution in [0, 0.1) is 17.8 Å². The summed E-state index contributed by atoms with van der Waals surface area (Å²) < 4.78 is 132. The monoisotopic (exact) mass is 1340 g/mol. The van der Waals surface area contributed by atoms with Crippen molar-refractivity contribution in [3.8, 4) is 0 Å². The van der Waals surface area contributed by atoms with Crippen molar-refractivity contribution in [2.24, 2.45) is 17.8 Å². The summed E-state index contributed by atoms with van der Waals surface area (Å²) in [6, 6.07) is 18.2. The van der Waals surface area contributed by atoms with Gasteiger partial charge in [-0.2, -0.15) is 39.5 Å². The molecule has 0 bridgehead atoms. The van der Waals surface area contributed by atoms with Crippen LogP contribution in [-0.2, 0) is 28.0 Å². The molecule has 0 spiro atoms. The Kier molecular flexibility index (Phi) is 27.0. The van der Waals surface area contributed by atoms with Gasteiger partial charge in [-0.05, 0) is 188 Å². The third-order valence-electron chi connectivity index (χ3n) is 18.3. The van der Waals surface area contributed by atoms with Crippen molar-refractivity contribution in [3.05, 3.63) is 108 Å². The molecule has 6 aromatic rings. The molecule has 0 unspecified atom stereocenters. The first-order valence-electron chi connectivity index (χ1n) is 32.9. The maximum atomic E-state index is 13.4. The van der Waals surface area contributed by atoms with Crippen LogP contribution in [0.25, 0.3) is 32.7 Å². The lowest BCUT2D eigenvalue weighted by atomic mass is 9.96. The maximum Gasteiger partial charge on any atom is 0.418 e. The minimum atomic E-state index is -4.43. The van der Waals surface area contributed by atoms with E-state index in [1.807, 2.05) is 11.8 Å². The van der Waals surface area contributed by atoms with Crippen molar-refractivity contribution < 1.29 is 54.1 Å². The number of anilines is 3. The molecular weight excluding hydrogens is 1240 g/mol. The van der Waals surface area contributed by atoms with E-state index in [-0.39, 0.29) is 47.1 Å². The van der Waals surface area contributed by atoms with E-state index in [1.165, 1.54) is 95.5 Å². The van der Waals surface area contributed by atoms with Gasteiger partial charge in [0.1, 0.15) is 0 Å². The Morgan fingerprint density at radius 2 is 0.750 bits per heavy atom. The fourth-order valence-corrected chi connectivity index (χ4v) is 14.3. The van der Waals surface area contributed by atoms with Crippen molar-refractivity contribution >= 4 is 73.8 Å². The number of benzene rings is 3. The van der Waals surface area contributed by atoms with E-state index < -0.39 is 41.3 Å². The molecule has 6 aliphatic rings. The average Bonchev–Trinajstić information content (AvgIpc) is 0.794. The number of likely N-dealkylation sites (tertiary alicyclic amines) is 3. The normalized spacial score (nSPS) is 23.2. The van der Waals surface area contributed by atoms with Crippen LogP contribution in [0.15, 0.2) is 91.4 Å². The molecule has 6 fully saturated rings. The fraction of sp³-hybridized carbons (Fsp3) is 0.609. The lowest BCUT2D eigenvalue weighted by molar-refractivity contribution is -0.137. The van der Waals surface area contributed by atoms with Gasteiger partial charge in [-0.25, -0.2) is 0 Å². The Bertz CT molecular complexity index is 3070. The lowest BCUT2D eigenvalue weighted by Gasteiger charge is -2.38. The van der Waals surface area contributed by atoms with Crippen LogP contribution in [0.2, 0.25) is 0 Å². The highest BCUT2D eigenvalue weighted by Crippen LogP contribution is 2.42. The Morgan fingerprint density at radius 1 is 0.435 bits per heavy atom. The molecule has 3 aromatic heterocycles. The molecule has 12 nitrogen and oxygen atoms in total. The summed E-state index contributed by atoms with van der Waals surface area (Å²) in [7, 11) is 0. The van der Waals surface area contributed by atoms with Gasteiger partial charge in [-0.3, -0.25) is 15.0 Å². The fourth-order valence-electron chi connectivity index (χ4n) is 14.1. The number of nitrogens with zero attached hydrogens (tertiary/aromatic N) is 9. The first-order valence-corrected chi connectivity index (χ1v) is 33.4. The molecule has 6 aliphatic heterocycles. The summed E-state index contributed by atoms with van der Waals surface area (Å²) in [5.74, 6) is 1.90. The number of piperidine rings is 6. The van der Waals surface area contributed by atoms with Gasteiger partial charge < -0.3 is 44.0 Å². The van der Waals surface area contributed by atoms with Gasteiger partial charge in [0.25, 0.3) is 0 Å². The lowest BCUT2D eigenvalue weighted by Crippen LogP contribution is -2.44. The van der Waals surface area contributed by atoms with Crippen LogP contribution in [0.4, 0.5) is 56.6 Å². The van der Waals surface area contributed by atoms with Gasteiger partial charge in [-0.15, -0.1) is 24.0 Å². The first-order chi connectivity index (χ1) is 43.6. The van der Waals surface area contributed by atoms with Crippen LogP contribution >= 0.6 is 24.0 Å². The van der Waals surface area contributed by atoms with Crippen molar-refractivity contribution in [1.29, 1.82) is 0 Å². The zero-order valence-corrected chi connectivity index (χ0v) is 54.9. The summed E-state index contributed by atoms with van der Waals surface area (Å²) in [6.45, 7) is 22.1. The highest BCUT2D eigenvalue weighted by molar-refractivity contribution is 6.18. The van der Waals surface area contributed by atoms with Crippen LogP contribution in [0.5, 0.6) is 0 Å². The number of aliphatic hydroxyl groups excluding tert-OH is 1. The number of halogens is 11. The highest BCUT2D eigenvalue weighted by Gasteiger charge is 2.38. The number of β-amino-alcohol motifs (C(OH)–C–C–N with tert-alkyl or cyclic N) is 1. The Morgan fingerprint density at radius 3 is 1.07 bits per heavy atom. The zero-order valence-electron chi connectivity index (χ0n) is 53.3. The predicted molar refractivity (Wildman–Crippen MR) is 353 cm³/mol. The second kappa shape index (κ2) is 34.1. The first kappa shape index (κ1) is 72.8. The number of fused-ring (bicyclic) bond motifs is 3. The van der Waals surface area contributed by atoms with Crippen LogP contribution < -0.4 is 14.7 Å². The number of alkyl halides is 10. The van der Waals surface area contributed by atoms with E-state index in [0.29, 0.717) is 79.5 Å². The van der Waals surface area contributed by atoms with Gasteiger partial charge in [0.15, 0.2) is 0 Å². The van der Waals surface area contributed by atoms with Crippen LogP contribution in [-0.4, -0.2) is 170 Å². The van der Waals surface area contributed by atoms with Crippen LogP contribution in [0.3, 0.4) is 0 Å². The summed E-state index contributed by atoms with van der Waals surface area (Å²) in [5, 5.41) is 11.5. The number of aromatic nitrogens is 3. The molecule has 12 rings (SSSR count). The predicted octanol–water partition coefficient (Wildman–Crippen LogP) is 15.5. The minimum absolute atomic E-state index is 0. The highest BCUT2D eigenvalue weighted by atomic mass is 35.5. The van der Waals surface area contributed by atoms with Gasteiger partial charge in [0.05, 0.1) is 64.8 Å². The quantitative estimate of drug-likeness (QED) is 0.0881. The second-order valence-electron chi connectivity index (χ2n) is 25.9. The topological polar surface area (TPSA) is 96.8 Å². The Hall–Kier alpha value is -5.00. The van der Waals surface area contributed by atoms with Crippen molar-refractivity contribution in [1.82, 2.24) is 29.7 Å². The van der Waals surface area contributed by atoms with E-state index in [4.69, 9.17) is 21.1 Å². The molecule has 92 heavy (non-hydrogen) atoms. The zero-order chi connectivity index (χ0) is 64.7. The van der Waals surface area contributed by atoms with Crippen molar-refractivity contribution in [3.63, 3.8) is 0 Å².